The molecule has 0 spiro atoms. The summed E-state index contributed by atoms with van der Waals surface area (Å²) in [5, 5.41) is 3.24. The van der Waals surface area contributed by atoms with Crippen LogP contribution >= 0.6 is 11.3 Å². The molecule has 1 amide bonds. The number of aromatic nitrogens is 1. The van der Waals surface area contributed by atoms with E-state index >= 15 is 0 Å². The first-order chi connectivity index (χ1) is 11.4. The number of carbonyl (C=O) groups is 2. The summed E-state index contributed by atoms with van der Waals surface area (Å²) in [5.41, 5.74) is 2.82. The van der Waals surface area contributed by atoms with Crippen LogP contribution in [0.4, 0.5) is 5.13 Å². The van der Waals surface area contributed by atoms with Crippen LogP contribution in [0.25, 0.3) is 11.3 Å². The average Bonchev–Trinajstić information content (AvgIpc) is 2.92. The Bertz CT molecular complexity index is 755. The standard InChI is InChI=1S/C17H20N2O4S/c1-10-9-12(5-6-13(10)22-3)16-11(2)24-17(19-16)18-14(20)7-8-15(21)23-4/h5-6,9H,7-8H2,1-4H3,(H,18,19,20). The Morgan fingerprint density at radius 2 is 1.96 bits per heavy atom. The molecule has 0 radical (unpaired) electrons. The molecule has 1 heterocycles. The number of methoxy groups -OCH3 is 2. The van der Waals surface area contributed by atoms with Gasteiger partial charge in [0.05, 0.1) is 26.3 Å². The van der Waals surface area contributed by atoms with Crippen LogP contribution < -0.4 is 10.1 Å². The molecular formula is C17H20N2O4S. The summed E-state index contributed by atoms with van der Waals surface area (Å²) in [6, 6.07) is 5.85. The average molecular weight is 348 g/mol. The second-order valence-corrected chi connectivity index (χ2v) is 6.44. The van der Waals surface area contributed by atoms with Crippen molar-refractivity contribution in [1.82, 2.24) is 4.98 Å². The summed E-state index contributed by atoms with van der Waals surface area (Å²) < 4.78 is 9.79. The maximum Gasteiger partial charge on any atom is 0.306 e. The number of ether oxygens (including phenoxy) is 2. The summed E-state index contributed by atoms with van der Waals surface area (Å²) in [6.07, 6.45) is 0.125. The highest BCUT2D eigenvalue weighted by Gasteiger charge is 2.14. The number of esters is 1. The number of nitrogens with zero attached hydrogens (tertiary/aromatic N) is 1. The van der Waals surface area contributed by atoms with Gasteiger partial charge >= 0.3 is 5.97 Å². The molecule has 7 heteroatoms. The van der Waals surface area contributed by atoms with E-state index in [1.54, 1.807) is 7.11 Å². The van der Waals surface area contributed by atoms with E-state index in [1.165, 1.54) is 18.4 Å². The molecule has 6 nitrogen and oxygen atoms in total. The number of hydrogen-bond acceptors (Lipinski definition) is 6. The molecule has 0 aliphatic rings. The first kappa shape index (κ1) is 17.9. The minimum atomic E-state index is -0.408. The first-order valence-corrected chi connectivity index (χ1v) is 8.25. The number of aryl methyl sites for hydroxylation is 2. The van der Waals surface area contributed by atoms with E-state index in [9.17, 15) is 9.59 Å². The van der Waals surface area contributed by atoms with Crippen molar-refractivity contribution in [2.24, 2.45) is 0 Å². The van der Waals surface area contributed by atoms with Crippen molar-refractivity contribution in [3.8, 4) is 17.0 Å². The molecule has 0 aliphatic carbocycles. The maximum atomic E-state index is 11.9. The number of benzene rings is 1. The fourth-order valence-electron chi connectivity index (χ4n) is 2.24. The minimum absolute atomic E-state index is 0.0528. The van der Waals surface area contributed by atoms with Gasteiger partial charge in [-0.3, -0.25) is 9.59 Å². The Hall–Kier alpha value is -2.41. The van der Waals surface area contributed by atoms with E-state index in [1.807, 2.05) is 32.0 Å². The summed E-state index contributed by atoms with van der Waals surface area (Å²) in [6.45, 7) is 3.93. The van der Waals surface area contributed by atoms with Crippen LogP contribution in [0.5, 0.6) is 5.75 Å². The van der Waals surface area contributed by atoms with E-state index < -0.39 is 5.97 Å². The highest BCUT2D eigenvalue weighted by atomic mass is 32.1. The normalized spacial score (nSPS) is 10.3. The zero-order valence-electron chi connectivity index (χ0n) is 14.1. The molecule has 0 aliphatic heterocycles. The third-order valence-corrected chi connectivity index (χ3v) is 4.38. The molecule has 1 aromatic carbocycles. The number of hydrogen-bond donors (Lipinski definition) is 1. The van der Waals surface area contributed by atoms with E-state index in [4.69, 9.17) is 4.74 Å². The number of nitrogens with one attached hydrogen (secondary N) is 1. The number of carbonyl (C=O) groups excluding carboxylic acids is 2. The molecule has 2 aromatic rings. The molecule has 128 valence electrons. The largest absolute Gasteiger partial charge is 0.496 e. The van der Waals surface area contributed by atoms with Gasteiger partial charge < -0.3 is 14.8 Å². The van der Waals surface area contributed by atoms with Crippen LogP contribution in [-0.2, 0) is 14.3 Å². The highest BCUT2D eigenvalue weighted by Crippen LogP contribution is 2.32. The quantitative estimate of drug-likeness (QED) is 0.810. The van der Waals surface area contributed by atoms with E-state index in [-0.39, 0.29) is 18.7 Å². The van der Waals surface area contributed by atoms with Gasteiger partial charge in [0.1, 0.15) is 5.75 Å². The Balaban J connectivity index is 2.11. The lowest BCUT2D eigenvalue weighted by Gasteiger charge is -2.06. The van der Waals surface area contributed by atoms with Crippen molar-refractivity contribution in [3.63, 3.8) is 0 Å². The van der Waals surface area contributed by atoms with Gasteiger partial charge in [-0.25, -0.2) is 4.98 Å². The van der Waals surface area contributed by atoms with Crippen LogP contribution in [0.15, 0.2) is 18.2 Å². The monoisotopic (exact) mass is 348 g/mol. The third-order valence-electron chi connectivity index (χ3n) is 3.50. The second kappa shape index (κ2) is 7.92. The predicted octanol–water partition coefficient (Wildman–Crippen LogP) is 3.33. The molecule has 1 N–H and O–H groups in total. The van der Waals surface area contributed by atoms with E-state index in [2.05, 4.69) is 15.0 Å². The lowest BCUT2D eigenvalue weighted by atomic mass is 10.1. The zero-order chi connectivity index (χ0) is 17.7. The molecular weight excluding hydrogens is 328 g/mol. The van der Waals surface area contributed by atoms with Crippen LogP contribution in [-0.4, -0.2) is 31.1 Å². The zero-order valence-corrected chi connectivity index (χ0v) is 15.0. The number of thiazole rings is 1. The second-order valence-electron chi connectivity index (χ2n) is 5.23. The van der Waals surface area contributed by atoms with Gasteiger partial charge in [0.25, 0.3) is 0 Å². The molecule has 0 saturated carbocycles. The maximum absolute atomic E-state index is 11.9. The lowest BCUT2D eigenvalue weighted by Crippen LogP contribution is -2.13. The summed E-state index contributed by atoms with van der Waals surface area (Å²) in [5.74, 6) is 0.157. The molecule has 0 saturated heterocycles. The number of rotatable bonds is 6. The topological polar surface area (TPSA) is 77.5 Å². The van der Waals surface area contributed by atoms with Gasteiger partial charge in [-0.1, -0.05) is 0 Å². The van der Waals surface area contributed by atoms with Gasteiger partial charge in [0, 0.05) is 16.9 Å². The Morgan fingerprint density at radius 3 is 2.58 bits per heavy atom. The van der Waals surface area contributed by atoms with Gasteiger partial charge in [0.15, 0.2) is 5.13 Å². The lowest BCUT2D eigenvalue weighted by molar-refractivity contribution is -0.141. The SMILES string of the molecule is COC(=O)CCC(=O)Nc1nc(-c2ccc(OC)c(C)c2)c(C)s1. The molecule has 0 bridgehead atoms. The number of amides is 1. The molecule has 2 rings (SSSR count). The fourth-order valence-corrected chi connectivity index (χ4v) is 3.09. The van der Waals surface area contributed by atoms with Crippen molar-refractivity contribution in [2.45, 2.75) is 26.7 Å². The van der Waals surface area contributed by atoms with Crippen LogP contribution in [0.1, 0.15) is 23.3 Å². The first-order valence-electron chi connectivity index (χ1n) is 7.43. The van der Waals surface area contributed by atoms with Crippen LogP contribution in [0, 0.1) is 13.8 Å². The molecule has 0 atom stereocenters. The van der Waals surface area contributed by atoms with Crippen LogP contribution in [0.2, 0.25) is 0 Å². The Kier molecular flexibility index (Phi) is 5.92. The Labute approximate surface area is 144 Å². The molecule has 1 aromatic heterocycles. The van der Waals surface area contributed by atoms with E-state index in [0.717, 1.165) is 27.4 Å². The Morgan fingerprint density at radius 1 is 1.21 bits per heavy atom. The van der Waals surface area contributed by atoms with Gasteiger partial charge in [-0.05, 0) is 37.6 Å². The minimum Gasteiger partial charge on any atom is -0.496 e. The van der Waals surface area contributed by atoms with Crippen molar-refractivity contribution in [3.05, 3.63) is 28.6 Å². The molecule has 24 heavy (non-hydrogen) atoms. The van der Waals surface area contributed by atoms with Gasteiger partial charge in [0.2, 0.25) is 5.91 Å². The smallest absolute Gasteiger partial charge is 0.306 e. The van der Waals surface area contributed by atoms with Crippen molar-refractivity contribution in [2.75, 3.05) is 19.5 Å². The van der Waals surface area contributed by atoms with Gasteiger partial charge in [-0.2, -0.15) is 0 Å². The van der Waals surface area contributed by atoms with Crippen LogP contribution in [0.3, 0.4) is 0 Å². The van der Waals surface area contributed by atoms with Crippen molar-refractivity contribution < 1.29 is 19.1 Å². The third kappa shape index (κ3) is 4.32. The predicted molar refractivity (Wildman–Crippen MR) is 93.5 cm³/mol. The van der Waals surface area contributed by atoms with E-state index in [0.29, 0.717) is 5.13 Å². The van der Waals surface area contributed by atoms with Crippen molar-refractivity contribution >= 4 is 28.3 Å². The fraction of sp³-hybridized carbons (Fsp3) is 0.353. The molecule has 0 unspecified atom stereocenters. The summed E-state index contributed by atoms with van der Waals surface area (Å²) in [4.78, 5) is 28.4. The summed E-state index contributed by atoms with van der Waals surface area (Å²) in [7, 11) is 2.94. The highest BCUT2D eigenvalue weighted by molar-refractivity contribution is 7.16. The number of anilines is 1. The van der Waals surface area contributed by atoms with Crippen molar-refractivity contribution in [1.29, 1.82) is 0 Å². The molecule has 0 fully saturated rings. The summed E-state index contributed by atoms with van der Waals surface area (Å²) >= 11 is 1.40. The van der Waals surface area contributed by atoms with Gasteiger partial charge in [-0.15, -0.1) is 11.3 Å².